The molecule has 0 saturated heterocycles. The summed E-state index contributed by atoms with van der Waals surface area (Å²) in [6.45, 7) is 0. The van der Waals surface area contributed by atoms with E-state index in [4.69, 9.17) is 0 Å². The van der Waals surface area contributed by atoms with E-state index >= 15 is 0 Å². The van der Waals surface area contributed by atoms with Crippen molar-refractivity contribution in [3.8, 4) is 0 Å². The zero-order valence-electron chi connectivity index (χ0n) is 9.11. The molecule has 1 N–H and O–H groups in total. The minimum absolute atomic E-state index is 0.180. The van der Waals surface area contributed by atoms with Crippen LogP contribution in [0.15, 0.2) is 41.8 Å². The van der Waals surface area contributed by atoms with Crippen molar-refractivity contribution in [2.45, 2.75) is 12.5 Å². The van der Waals surface area contributed by atoms with Crippen LogP contribution >= 0.6 is 11.3 Å². The Labute approximate surface area is 98.9 Å². The average molecular weight is 235 g/mol. The highest BCUT2D eigenvalue weighted by Crippen LogP contribution is 2.22. The molecule has 1 unspecified atom stereocenters. The Morgan fingerprint density at radius 1 is 1.25 bits per heavy atom. The molecule has 84 valence electrons. The van der Waals surface area contributed by atoms with Crippen molar-refractivity contribution < 1.29 is 4.39 Å². The quantitative estimate of drug-likeness (QED) is 0.856. The zero-order valence-corrected chi connectivity index (χ0v) is 9.93. The molecule has 3 heteroatoms. The molecule has 1 heterocycles. The lowest BCUT2D eigenvalue weighted by molar-refractivity contribution is 0.598. The van der Waals surface area contributed by atoms with Gasteiger partial charge in [-0.2, -0.15) is 0 Å². The van der Waals surface area contributed by atoms with Crippen molar-refractivity contribution in [2.24, 2.45) is 0 Å². The van der Waals surface area contributed by atoms with Gasteiger partial charge in [0.15, 0.2) is 0 Å². The summed E-state index contributed by atoms with van der Waals surface area (Å²) in [5, 5.41) is 5.36. The second kappa shape index (κ2) is 5.23. The van der Waals surface area contributed by atoms with Gasteiger partial charge in [0.25, 0.3) is 0 Å². The van der Waals surface area contributed by atoms with Crippen LogP contribution < -0.4 is 5.32 Å². The number of likely N-dealkylation sites (N-methyl/N-ethyl adjacent to an activating group) is 1. The van der Waals surface area contributed by atoms with Crippen LogP contribution in [0.4, 0.5) is 4.39 Å². The molecule has 1 aromatic heterocycles. The Bertz CT molecular complexity index is 422. The molecule has 1 nitrogen and oxygen atoms in total. The largest absolute Gasteiger partial charge is 0.312 e. The number of thiophene rings is 1. The first kappa shape index (κ1) is 11.3. The molecule has 0 bridgehead atoms. The fourth-order valence-electron chi connectivity index (χ4n) is 1.69. The first-order valence-electron chi connectivity index (χ1n) is 5.24. The number of hydrogen-bond acceptors (Lipinski definition) is 2. The van der Waals surface area contributed by atoms with Gasteiger partial charge in [0.1, 0.15) is 5.82 Å². The van der Waals surface area contributed by atoms with Gasteiger partial charge in [0.05, 0.1) is 0 Å². The van der Waals surface area contributed by atoms with Crippen LogP contribution in [0.5, 0.6) is 0 Å². The summed E-state index contributed by atoms with van der Waals surface area (Å²) in [7, 11) is 1.95. The van der Waals surface area contributed by atoms with E-state index in [1.54, 1.807) is 11.3 Å². The lowest BCUT2D eigenvalue weighted by Gasteiger charge is -2.14. The molecule has 0 radical (unpaired) electrons. The maximum absolute atomic E-state index is 12.8. The SMILES string of the molecule is CNC(Cc1ccc(F)cc1)c1cccs1. The molecule has 0 spiro atoms. The van der Waals surface area contributed by atoms with Gasteiger partial charge in [-0.25, -0.2) is 4.39 Å². The van der Waals surface area contributed by atoms with E-state index in [0.29, 0.717) is 6.04 Å². The van der Waals surface area contributed by atoms with Crippen LogP contribution in [0.3, 0.4) is 0 Å². The molecule has 0 aliphatic rings. The number of hydrogen-bond donors (Lipinski definition) is 1. The van der Waals surface area contributed by atoms with Gasteiger partial charge in [0, 0.05) is 10.9 Å². The van der Waals surface area contributed by atoms with E-state index in [1.807, 2.05) is 19.2 Å². The minimum atomic E-state index is -0.180. The average Bonchev–Trinajstić information content (AvgIpc) is 2.82. The van der Waals surface area contributed by atoms with Gasteiger partial charge in [0.2, 0.25) is 0 Å². The highest BCUT2D eigenvalue weighted by Gasteiger charge is 2.10. The summed E-state index contributed by atoms with van der Waals surface area (Å²) in [5.41, 5.74) is 1.15. The molecule has 1 atom stereocenters. The van der Waals surface area contributed by atoms with Crippen molar-refractivity contribution >= 4 is 11.3 Å². The standard InChI is InChI=1S/C13H14FNS/c1-15-12(13-3-2-8-16-13)9-10-4-6-11(14)7-5-10/h2-8,12,15H,9H2,1H3. The van der Waals surface area contributed by atoms with Gasteiger partial charge < -0.3 is 5.32 Å². The lowest BCUT2D eigenvalue weighted by atomic mass is 10.0. The summed E-state index contributed by atoms with van der Waals surface area (Å²) in [6, 6.07) is 11.2. The molecule has 2 rings (SSSR count). The van der Waals surface area contributed by atoms with Crippen LogP contribution in [0.1, 0.15) is 16.5 Å². The molecule has 1 aromatic carbocycles. The highest BCUT2D eigenvalue weighted by molar-refractivity contribution is 7.10. The van der Waals surface area contributed by atoms with Crippen LogP contribution in [0.2, 0.25) is 0 Å². The fraction of sp³-hybridized carbons (Fsp3) is 0.231. The molecule has 0 amide bonds. The lowest BCUT2D eigenvalue weighted by Crippen LogP contribution is -2.17. The first-order chi connectivity index (χ1) is 7.79. The van der Waals surface area contributed by atoms with Crippen LogP contribution in [0.25, 0.3) is 0 Å². The fourth-order valence-corrected chi connectivity index (χ4v) is 2.53. The summed E-state index contributed by atoms with van der Waals surface area (Å²) in [4.78, 5) is 1.31. The normalized spacial score (nSPS) is 12.6. The Kier molecular flexibility index (Phi) is 3.70. The van der Waals surface area contributed by atoms with E-state index in [2.05, 4.69) is 22.8 Å². The van der Waals surface area contributed by atoms with E-state index in [9.17, 15) is 4.39 Å². The van der Waals surface area contributed by atoms with E-state index in [0.717, 1.165) is 12.0 Å². The molecule has 0 aliphatic heterocycles. The van der Waals surface area contributed by atoms with Crippen molar-refractivity contribution in [2.75, 3.05) is 7.05 Å². The van der Waals surface area contributed by atoms with Crippen molar-refractivity contribution in [3.05, 3.63) is 58.0 Å². The molecule has 16 heavy (non-hydrogen) atoms. The van der Waals surface area contributed by atoms with Crippen LogP contribution in [-0.4, -0.2) is 7.05 Å². The van der Waals surface area contributed by atoms with Gasteiger partial charge >= 0.3 is 0 Å². The Morgan fingerprint density at radius 3 is 2.56 bits per heavy atom. The van der Waals surface area contributed by atoms with Gasteiger partial charge in [-0.1, -0.05) is 18.2 Å². The third-order valence-corrected chi connectivity index (χ3v) is 3.57. The number of rotatable bonds is 4. The molecule has 2 aromatic rings. The molecular weight excluding hydrogens is 221 g/mol. The third kappa shape index (κ3) is 2.68. The van der Waals surface area contributed by atoms with Crippen molar-refractivity contribution in [1.29, 1.82) is 0 Å². The van der Waals surface area contributed by atoms with Gasteiger partial charge in [-0.05, 0) is 42.6 Å². The maximum Gasteiger partial charge on any atom is 0.123 e. The minimum Gasteiger partial charge on any atom is -0.312 e. The monoisotopic (exact) mass is 235 g/mol. The molecule has 0 aliphatic carbocycles. The first-order valence-corrected chi connectivity index (χ1v) is 6.12. The summed E-state index contributed by atoms with van der Waals surface area (Å²) in [6.07, 6.45) is 0.886. The number of halogens is 1. The zero-order chi connectivity index (χ0) is 11.4. The van der Waals surface area contributed by atoms with E-state index in [1.165, 1.54) is 17.0 Å². The Balaban J connectivity index is 2.10. The number of nitrogens with one attached hydrogen (secondary N) is 1. The van der Waals surface area contributed by atoms with Gasteiger partial charge in [-0.3, -0.25) is 0 Å². The van der Waals surface area contributed by atoms with Crippen molar-refractivity contribution in [3.63, 3.8) is 0 Å². The molecular formula is C13H14FNS. The van der Waals surface area contributed by atoms with Crippen LogP contribution in [-0.2, 0) is 6.42 Å². The Morgan fingerprint density at radius 2 is 2.00 bits per heavy atom. The predicted molar refractivity (Wildman–Crippen MR) is 66.2 cm³/mol. The van der Waals surface area contributed by atoms with Crippen LogP contribution in [0, 0.1) is 5.82 Å². The smallest absolute Gasteiger partial charge is 0.123 e. The highest BCUT2D eigenvalue weighted by atomic mass is 32.1. The third-order valence-electron chi connectivity index (χ3n) is 2.59. The summed E-state index contributed by atoms with van der Waals surface area (Å²) in [5.74, 6) is -0.180. The van der Waals surface area contributed by atoms with E-state index in [-0.39, 0.29) is 5.82 Å². The topological polar surface area (TPSA) is 12.0 Å². The Hall–Kier alpha value is -1.19. The second-order valence-corrected chi connectivity index (χ2v) is 4.67. The maximum atomic E-state index is 12.8. The second-order valence-electron chi connectivity index (χ2n) is 3.69. The molecule has 0 saturated carbocycles. The molecule has 0 fully saturated rings. The predicted octanol–water partition coefficient (Wildman–Crippen LogP) is 3.39. The number of benzene rings is 1. The van der Waals surface area contributed by atoms with Crippen molar-refractivity contribution in [1.82, 2.24) is 5.32 Å². The summed E-state index contributed by atoms with van der Waals surface area (Å²) < 4.78 is 12.8. The van der Waals surface area contributed by atoms with E-state index < -0.39 is 0 Å². The summed E-state index contributed by atoms with van der Waals surface area (Å²) >= 11 is 1.74. The van der Waals surface area contributed by atoms with Gasteiger partial charge in [-0.15, -0.1) is 11.3 Å².